The van der Waals surface area contributed by atoms with Gasteiger partial charge in [0.1, 0.15) is 0 Å². The van der Waals surface area contributed by atoms with Gasteiger partial charge in [0.25, 0.3) is 0 Å². The van der Waals surface area contributed by atoms with Gasteiger partial charge in [-0.25, -0.2) is 0 Å². The van der Waals surface area contributed by atoms with E-state index in [4.69, 9.17) is 0 Å². The lowest BCUT2D eigenvalue weighted by Crippen LogP contribution is -2.16. The van der Waals surface area contributed by atoms with Crippen molar-refractivity contribution in [1.82, 2.24) is 0 Å². The fourth-order valence-electron chi connectivity index (χ4n) is 10.1. The van der Waals surface area contributed by atoms with Crippen molar-refractivity contribution in [2.75, 3.05) is 9.80 Å². The standard InChI is InChI=1S/C57H46N2/c1-34-13-22-41(23-14-34)58(42-24-15-35(2)16-25-42)33-40-21-30-49-54-39(6)53-48-12-8-10-46-51(59(43-26-17-36(3)18-27-43)44-28-19-37(4)20-29-44)32-31-50(57(46)48)55(53)38(5)52(54)47-11-7-9-45(40)56(47)49/h7-32H,33H2,1-6H3. The number of nitrogens with zero attached hydrogens (tertiary/aromatic N) is 2. The molecule has 0 saturated heterocycles. The summed E-state index contributed by atoms with van der Waals surface area (Å²) < 4.78 is 0. The van der Waals surface area contributed by atoms with Crippen LogP contribution < -0.4 is 9.80 Å². The van der Waals surface area contributed by atoms with Gasteiger partial charge in [0.05, 0.1) is 5.69 Å². The van der Waals surface area contributed by atoms with Crippen LogP contribution in [0.4, 0.5) is 28.4 Å². The van der Waals surface area contributed by atoms with Gasteiger partial charge in [0.2, 0.25) is 0 Å². The number of hydrogen-bond donors (Lipinski definition) is 0. The first kappa shape index (κ1) is 35.3. The lowest BCUT2D eigenvalue weighted by atomic mass is 9.95. The molecule has 59 heavy (non-hydrogen) atoms. The molecule has 11 aromatic carbocycles. The molecule has 0 aliphatic carbocycles. The second-order valence-electron chi connectivity index (χ2n) is 16.9. The maximum absolute atomic E-state index is 2.46. The average molecular weight is 759 g/mol. The number of hydrogen-bond acceptors (Lipinski definition) is 2. The molecule has 0 radical (unpaired) electrons. The lowest BCUT2D eigenvalue weighted by Gasteiger charge is -2.27. The molecular weight excluding hydrogens is 713 g/mol. The van der Waals surface area contributed by atoms with E-state index >= 15 is 0 Å². The Labute approximate surface area is 346 Å². The molecule has 0 aromatic heterocycles. The number of rotatable bonds is 7. The Morgan fingerprint density at radius 2 is 0.661 bits per heavy atom. The zero-order valence-corrected chi connectivity index (χ0v) is 34.6. The maximum atomic E-state index is 2.46. The third-order valence-electron chi connectivity index (χ3n) is 13.1. The first-order chi connectivity index (χ1) is 28.7. The molecule has 2 heteroatoms. The lowest BCUT2D eigenvalue weighted by molar-refractivity contribution is 0.984. The summed E-state index contributed by atoms with van der Waals surface area (Å²) in [7, 11) is 0. The van der Waals surface area contributed by atoms with E-state index in [0.29, 0.717) is 0 Å². The van der Waals surface area contributed by atoms with E-state index in [1.54, 1.807) is 0 Å². The normalized spacial score (nSPS) is 12.0. The zero-order valence-electron chi connectivity index (χ0n) is 34.6. The minimum atomic E-state index is 0.775. The summed E-state index contributed by atoms with van der Waals surface area (Å²) in [6.07, 6.45) is 0. The number of fused-ring (bicyclic) bond motifs is 6. The van der Waals surface area contributed by atoms with E-state index in [1.807, 2.05) is 0 Å². The highest BCUT2D eigenvalue weighted by Gasteiger charge is 2.26. The molecule has 0 aliphatic heterocycles. The van der Waals surface area contributed by atoms with Crippen molar-refractivity contribution in [3.63, 3.8) is 0 Å². The highest BCUT2D eigenvalue weighted by Crippen LogP contribution is 2.52. The van der Waals surface area contributed by atoms with Crippen LogP contribution in [0.2, 0.25) is 0 Å². The third kappa shape index (κ3) is 5.40. The van der Waals surface area contributed by atoms with Crippen LogP contribution in [0, 0.1) is 41.5 Å². The molecule has 0 fully saturated rings. The monoisotopic (exact) mass is 758 g/mol. The van der Waals surface area contributed by atoms with E-state index in [9.17, 15) is 0 Å². The molecular formula is C57H46N2. The van der Waals surface area contributed by atoms with Crippen LogP contribution in [0.5, 0.6) is 0 Å². The summed E-state index contributed by atoms with van der Waals surface area (Å²) in [5.41, 5.74) is 15.0. The van der Waals surface area contributed by atoms with Crippen LogP contribution in [-0.2, 0) is 6.54 Å². The molecule has 11 rings (SSSR count). The van der Waals surface area contributed by atoms with Crippen LogP contribution in [-0.4, -0.2) is 0 Å². The van der Waals surface area contributed by atoms with Crippen LogP contribution in [0.1, 0.15) is 38.9 Å². The van der Waals surface area contributed by atoms with Crippen molar-refractivity contribution in [2.45, 2.75) is 48.1 Å². The molecule has 0 N–H and O–H groups in total. The molecule has 0 heterocycles. The topological polar surface area (TPSA) is 6.48 Å². The van der Waals surface area contributed by atoms with Gasteiger partial charge in [0.15, 0.2) is 0 Å². The maximum Gasteiger partial charge on any atom is 0.0540 e. The Hall–Kier alpha value is -6.90. The SMILES string of the molecule is Cc1ccc(N(Cc2ccc3c4c(C)c5c6cccc7c(N(c8ccc(C)cc8)c8ccc(C)cc8)ccc(c5c(C)c4c4cccc2c34)c76)c2ccc(C)cc2)cc1. The van der Waals surface area contributed by atoms with Gasteiger partial charge >= 0.3 is 0 Å². The van der Waals surface area contributed by atoms with Gasteiger partial charge in [-0.1, -0.05) is 125 Å². The Kier molecular flexibility index (Phi) is 7.97. The summed E-state index contributed by atoms with van der Waals surface area (Å²) in [5.74, 6) is 0. The average Bonchev–Trinajstić information content (AvgIpc) is 3.78. The van der Waals surface area contributed by atoms with Gasteiger partial charge in [-0.15, -0.1) is 0 Å². The van der Waals surface area contributed by atoms with Crippen molar-refractivity contribution in [2.24, 2.45) is 0 Å². The minimum absolute atomic E-state index is 0.775. The van der Waals surface area contributed by atoms with E-state index < -0.39 is 0 Å². The van der Waals surface area contributed by atoms with E-state index in [0.717, 1.165) is 17.9 Å². The van der Waals surface area contributed by atoms with Crippen LogP contribution in [0.25, 0.3) is 64.6 Å². The molecule has 0 atom stereocenters. The molecule has 2 nitrogen and oxygen atoms in total. The van der Waals surface area contributed by atoms with E-state index in [2.05, 4.69) is 209 Å². The molecule has 0 bridgehead atoms. The highest BCUT2D eigenvalue weighted by atomic mass is 15.1. The third-order valence-corrected chi connectivity index (χ3v) is 13.1. The van der Waals surface area contributed by atoms with Crippen molar-refractivity contribution >= 4 is 93.1 Å². The predicted molar refractivity (Wildman–Crippen MR) is 256 cm³/mol. The summed E-state index contributed by atoms with van der Waals surface area (Å²) in [6, 6.07) is 59.2. The Morgan fingerprint density at radius 3 is 1.12 bits per heavy atom. The Morgan fingerprint density at radius 1 is 0.305 bits per heavy atom. The molecule has 0 unspecified atom stereocenters. The van der Waals surface area contributed by atoms with Gasteiger partial charge in [0, 0.05) is 34.7 Å². The first-order valence-corrected chi connectivity index (χ1v) is 20.9. The van der Waals surface area contributed by atoms with Crippen molar-refractivity contribution < 1.29 is 0 Å². The van der Waals surface area contributed by atoms with Crippen LogP contribution in [0.15, 0.2) is 158 Å². The Bertz CT molecular complexity index is 3220. The summed E-state index contributed by atoms with van der Waals surface area (Å²) in [6.45, 7) is 14.1. The molecule has 0 saturated carbocycles. The molecule has 0 spiro atoms. The first-order valence-electron chi connectivity index (χ1n) is 20.9. The fraction of sp³-hybridized carbons (Fsp3) is 0.123. The number of benzene rings is 9. The van der Waals surface area contributed by atoms with Crippen LogP contribution in [0.3, 0.4) is 0 Å². The largest absolute Gasteiger partial charge is 0.337 e. The fourth-order valence-corrected chi connectivity index (χ4v) is 10.1. The molecule has 284 valence electrons. The number of aryl methyl sites for hydroxylation is 6. The number of anilines is 5. The van der Waals surface area contributed by atoms with E-state index in [-0.39, 0.29) is 0 Å². The Balaban J connectivity index is 1.13. The summed E-state index contributed by atoms with van der Waals surface area (Å²) in [4.78, 5) is 4.89. The zero-order chi connectivity index (χ0) is 40.1. The molecule has 11 aromatic rings. The quantitative estimate of drug-likeness (QED) is 0.160. The van der Waals surface area contributed by atoms with Crippen molar-refractivity contribution in [3.8, 4) is 0 Å². The smallest absolute Gasteiger partial charge is 0.0540 e. The van der Waals surface area contributed by atoms with Gasteiger partial charge in [-0.3, -0.25) is 0 Å². The van der Waals surface area contributed by atoms with Crippen molar-refractivity contribution in [3.05, 3.63) is 197 Å². The van der Waals surface area contributed by atoms with Gasteiger partial charge in [-0.05, 0) is 172 Å². The predicted octanol–water partition coefficient (Wildman–Crippen LogP) is 16.1. The van der Waals surface area contributed by atoms with E-state index in [1.165, 1.54) is 121 Å². The second kappa shape index (κ2) is 13.3. The van der Waals surface area contributed by atoms with Crippen LogP contribution >= 0.6 is 0 Å². The van der Waals surface area contributed by atoms with Gasteiger partial charge < -0.3 is 9.80 Å². The highest BCUT2D eigenvalue weighted by molar-refractivity contribution is 6.40. The molecule has 0 aliphatic rings. The van der Waals surface area contributed by atoms with Gasteiger partial charge in [-0.2, -0.15) is 0 Å². The minimum Gasteiger partial charge on any atom is -0.337 e. The summed E-state index contributed by atoms with van der Waals surface area (Å²) >= 11 is 0. The molecule has 0 amide bonds. The summed E-state index contributed by atoms with van der Waals surface area (Å²) in [5, 5.41) is 16.2. The van der Waals surface area contributed by atoms with Crippen molar-refractivity contribution in [1.29, 1.82) is 0 Å². The second-order valence-corrected chi connectivity index (χ2v) is 16.9.